The monoisotopic (exact) mass is 361 g/mol. The Bertz CT molecular complexity index is 569. The van der Waals surface area contributed by atoms with Crippen LogP contribution in [0.3, 0.4) is 0 Å². The van der Waals surface area contributed by atoms with Crippen LogP contribution in [0.2, 0.25) is 0 Å². The highest BCUT2D eigenvalue weighted by molar-refractivity contribution is 5.90. The van der Waals surface area contributed by atoms with Crippen molar-refractivity contribution in [1.82, 2.24) is 10.6 Å². The van der Waals surface area contributed by atoms with Crippen LogP contribution in [0.1, 0.15) is 39.5 Å². The van der Waals surface area contributed by atoms with E-state index in [1.54, 1.807) is 7.05 Å². The van der Waals surface area contributed by atoms with Crippen LogP contribution in [0.15, 0.2) is 30.3 Å². The number of amides is 2. The summed E-state index contributed by atoms with van der Waals surface area (Å²) in [5.41, 5.74) is 0.732. The van der Waals surface area contributed by atoms with Gasteiger partial charge in [0.2, 0.25) is 0 Å². The molecule has 6 nitrogen and oxygen atoms in total. The van der Waals surface area contributed by atoms with Crippen LogP contribution in [0, 0.1) is 5.92 Å². The van der Waals surface area contributed by atoms with Crippen molar-refractivity contribution in [3.63, 3.8) is 0 Å². The van der Waals surface area contributed by atoms with Gasteiger partial charge < -0.3 is 15.4 Å². The molecule has 1 aliphatic heterocycles. The van der Waals surface area contributed by atoms with Crippen LogP contribution in [0.4, 0.5) is 10.5 Å². The number of benzene rings is 1. The zero-order chi connectivity index (χ0) is 18.9. The molecule has 0 saturated carbocycles. The molecule has 2 atom stereocenters. The van der Waals surface area contributed by atoms with E-state index in [2.05, 4.69) is 10.6 Å². The first-order valence-electron chi connectivity index (χ1n) is 9.48. The topological polar surface area (TPSA) is 70.7 Å². The average Bonchev–Trinajstić information content (AvgIpc) is 2.89. The predicted molar refractivity (Wildman–Crippen MR) is 103 cm³/mol. The predicted octanol–water partition coefficient (Wildman–Crippen LogP) is 2.93. The van der Waals surface area contributed by atoms with E-state index in [4.69, 9.17) is 4.74 Å². The molecule has 0 bridgehead atoms. The first kappa shape index (κ1) is 20.2. The molecule has 2 N–H and O–H groups in total. The fourth-order valence-corrected chi connectivity index (χ4v) is 3.05. The van der Waals surface area contributed by atoms with Crippen molar-refractivity contribution in [2.24, 2.45) is 5.92 Å². The number of nitrogens with zero attached hydrogens (tertiary/aromatic N) is 1. The number of carbonyl (C=O) groups excluding carboxylic acids is 2. The number of carbonyl (C=O) groups is 2. The standard InChI is InChI=1S/C20H31N3O3/c1-15(2)14-18(19(24)22-16-8-7-12-21-13-11-16)26-20(25)23(3)17-9-5-4-6-10-17/h4-6,9-10,15-16,18,21H,7-8,11-14H2,1-3H3,(H,22,24)/t16-,18-/m0/s1. The molecule has 144 valence electrons. The summed E-state index contributed by atoms with van der Waals surface area (Å²) in [7, 11) is 1.65. The molecule has 1 aromatic carbocycles. The van der Waals surface area contributed by atoms with Gasteiger partial charge in [0.05, 0.1) is 0 Å². The van der Waals surface area contributed by atoms with E-state index in [-0.39, 0.29) is 17.9 Å². The molecule has 2 amide bonds. The second kappa shape index (κ2) is 10.2. The van der Waals surface area contributed by atoms with Crippen LogP contribution in [-0.4, -0.2) is 44.3 Å². The highest BCUT2D eigenvalue weighted by Gasteiger charge is 2.28. The van der Waals surface area contributed by atoms with Gasteiger partial charge in [0, 0.05) is 18.8 Å². The highest BCUT2D eigenvalue weighted by atomic mass is 16.6. The molecule has 6 heteroatoms. The Morgan fingerprint density at radius 1 is 1.23 bits per heavy atom. The van der Waals surface area contributed by atoms with Gasteiger partial charge in [-0.3, -0.25) is 9.69 Å². The Morgan fingerprint density at radius 3 is 2.65 bits per heavy atom. The SMILES string of the molecule is CC(C)C[C@H](OC(=O)N(C)c1ccccc1)C(=O)N[C@H]1CCCNCC1. The van der Waals surface area contributed by atoms with Crippen LogP contribution in [0.5, 0.6) is 0 Å². The summed E-state index contributed by atoms with van der Waals surface area (Å²) in [6, 6.07) is 9.40. The maximum absolute atomic E-state index is 12.7. The first-order chi connectivity index (χ1) is 12.5. The molecule has 1 aliphatic rings. The molecule has 0 spiro atoms. The molecule has 1 saturated heterocycles. The van der Waals surface area contributed by atoms with Gasteiger partial charge in [-0.15, -0.1) is 0 Å². The summed E-state index contributed by atoms with van der Waals surface area (Å²) in [4.78, 5) is 26.7. The minimum Gasteiger partial charge on any atom is -0.436 e. The van der Waals surface area contributed by atoms with Gasteiger partial charge in [0.25, 0.3) is 5.91 Å². The molecule has 1 aromatic rings. The Hall–Kier alpha value is -2.08. The second-order valence-corrected chi connectivity index (χ2v) is 7.28. The lowest BCUT2D eigenvalue weighted by atomic mass is 10.0. The van der Waals surface area contributed by atoms with Gasteiger partial charge >= 0.3 is 6.09 Å². The van der Waals surface area contributed by atoms with Crippen molar-refractivity contribution >= 4 is 17.7 Å². The summed E-state index contributed by atoms with van der Waals surface area (Å²) in [5, 5.41) is 6.41. The van der Waals surface area contributed by atoms with Crippen molar-refractivity contribution in [3.8, 4) is 0 Å². The Balaban J connectivity index is 1.98. The van der Waals surface area contributed by atoms with Gasteiger partial charge in [-0.1, -0.05) is 32.0 Å². The van der Waals surface area contributed by atoms with Crippen molar-refractivity contribution in [3.05, 3.63) is 30.3 Å². The smallest absolute Gasteiger partial charge is 0.414 e. The third-order valence-corrected chi connectivity index (χ3v) is 4.56. The van der Waals surface area contributed by atoms with E-state index in [1.807, 2.05) is 44.2 Å². The van der Waals surface area contributed by atoms with E-state index in [1.165, 1.54) is 4.90 Å². The van der Waals surface area contributed by atoms with Crippen molar-refractivity contribution in [1.29, 1.82) is 0 Å². The zero-order valence-electron chi connectivity index (χ0n) is 16.0. The molecule has 0 aliphatic carbocycles. The third kappa shape index (κ3) is 6.33. The fourth-order valence-electron chi connectivity index (χ4n) is 3.05. The van der Waals surface area contributed by atoms with Crippen LogP contribution < -0.4 is 15.5 Å². The summed E-state index contributed by atoms with van der Waals surface area (Å²) in [5.74, 6) is 0.0526. The summed E-state index contributed by atoms with van der Waals surface area (Å²) in [6.45, 7) is 5.92. The highest BCUT2D eigenvalue weighted by Crippen LogP contribution is 2.16. The summed E-state index contributed by atoms with van der Waals surface area (Å²) in [6.07, 6.45) is 2.11. The van der Waals surface area contributed by atoms with Gasteiger partial charge in [0.1, 0.15) is 0 Å². The Kier molecular flexibility index (Phi) is 7.91. The maximum atomic E-state index is 12.7. The van der Waals surface area contributed by atoms with E-state index in [0.29, 0.717) is 6.42 Å². The number of rotatable bonds is 6. The summed E-state index contributed by atoms with van der Waals surface area (Å²) >= 11 is 0. The number of anilines is 1. The normalized spacial score (nSPS) is 18.7. The Labute approximate surface area is 156 Å². The molecule has 0 aromatic heterocycles. The van der Waals surface area contributed by atoms with Crippen LogP contribution in [-0.2, 0) is 9.53 Å². The number of hydrogen-bond acceptors (Lipinski definition) is 4. The number of hydrogen-bond donors (Lipinski definition) is 2. The van der Waals surface area contributed by atoms with Gasteiger partial charge in [-0.25, -0.2) is 4.79 Å². The fraction of sp³-hybridized carbons (Fsp3) is 0.600. The van der Waals surface area contributed by atoms with Crippen molar-refractivity contribution in [2.75, 3.05) is 25.0 Å². The first-order valence-corrected chi connectivity index (χ1v) is 9.48. The maximum Gasteiger partial charge on any atom is 0.414 e. The van der Waals surface area contributed by atoms with Crippen molar-refractivity contribution < 1.29 is 14.3 Å². The Morgan fingerprint density at radius 2 is 1.96 bits per heavy atom. The lowest BCUT2D eigenvalue weighted by Gasteiger charge is -2.25. The minimum absolute atomic E-state index is 0.137. The van der Waals surface area contributed by atoms with Crippen LogP contribution >= 0.6 is 0 Å². The van der Waals surface area contributed by atoms with Crippen LogP contribution in [0.25, 0.3) is 0 Å². The molecule has 1 fully saturated rings. The molecule has 26 heavy (non-hydrogen) atoms. The van der Waals surface area contributed by atoms with Gasteiger partial charge in [-0.05, 0) is 56.8 Å². The number of nitrogens with one attached hydrogen (secondary N) is 2. The lowest BCUT2D eigenvalue weighted by molar-refractivity contribution is -0.131. The largest absolute Gasteiger partial charge is 0.436 e. The molecule has 0 unspecified atom stereocenters. The van der Waals surface area contributed by atoms with Crippen molar-refractivity contribution in [2.45, 2.75) is 51.7 Å². The van der Waals surface area contributed by atoms with E-state index in [9.17, 15) is 9.59 Å². The average molecular weight is 361 g/mol. The lowest BCUT2D eigenvalue weighted by Crippen LogP contribution is -2.45. The molecular formula is C20H31N3O3. The zero-order valence-corrected chi connectivity index (χ0v) is 16.0. The molecular weight excluding hydrogens is 330 g/mol. The number of para-hydroxylation sites is 1. The second-order valence-electron chi connectivity index (χ2n) is 7.28. The molecule has 1 heterocycles. The van der Waals surface area contributed by atoms with Gasteiger partial charge in [-0.2, -0.15) is 0 Å². The molecule has 2 rings (SSSR count). The molecule has 0 radical (unpaired) electrons. The minimum atomic E-state index is -0.773. The van der Waals surface area contributed by atoms with E-state index in [0.717, 1.165) is 38.0 Å². The summed E-state index contributed by atoms with van der Waals surface area (Å²) < 4.78 is 5.57. The van der Waals surface area contributed by atoms with E-state index < -0.39 is 12.2 Å². The third-order valence-electron chi connectivity index (χ3n) is 4.56. The van der Waals surface area contributed by atoms with E-state index >= 15 is 0 Å². The van der Waals surface area contributed by atoms with Gasteiger partial charge in [0.15, 0.2) is 6.10 Å². The number of ether oxygens (including phenoxy) is 1. The quantitative estimate of drug-likeness (QED) is 0.817.